The van der Waals surface area contributed by atoms with E-state index in [1.165, 1.54) is 4.90 Å². The molecule has 2 amide bonds. The maximum atomic E-state index is 12.8. The van der Waals surface area contributed by atoms with Gasteiger partial charge in [-0.05, 0) is 36.6 Å². The number of carbonyl (C=O) groups is 2. The van der Waals surface area contributed by atoms with Crippen LogP contribution in [0.25, 0.3) is 0 Å². The number of rotatable bonds is 3. The van der Waals surface area contributed by atoms with Gasteiger partial charge in [0.2, 0.25) is 11.8 Å². The van der Waals surface area contributed by atoms with Crippen molar-refractivity contribution in [2.45, 2.75) is 31.6 Å². The molecule has 5 rings (SSSR count). The van der Waals surface area contributed by atoms with E-state index in [9.17, 15) is 9.59 Å². The Morgan fingerprint density at radius 2 is 1.83 bits per heavy atom. The number of hydrogen-bond donors (Lipinski definition) is 0. The molecule has 3 aliphatic heterocycles. The third-order valence-electron chi connectivity index (χ3n) is 5.36. The molecule has 0 unspecified atom stereocenters. The number of imide groups is 1. The van der Waals surface area contributed by atoms with E-state index in [1.54, 1.807) is 6.20 Å². The molecule has 1 aromatic heterocycles. The predicted octanol–water partition coefficient (Wildman–Crippen LogP) is 1.60. The van der Waals surface area contributed by atoms with E-state index >= 15 is 0 Å². The fourth-order valence-corrected chi connectivity index (χ4v) is 4.34. The quantitative estimate of drug-likeness (QED) is 0.805. The lowest BCUT2D eigenvalue weighted by Gasteiger charge is -2.18. The summed E-state index contributed by atoms with van der Waals surface area (Å²) in [6.45, 7) is 0.609. The first kappa shape index (κ1) is 13.9. The van der Waals surface area contributed by atoms with Gasteiger partial charge >= 0.3 is 0 Å². The highest BCUT2D eigenvalue weighted by molar-refractivity contribution is 6.22. The molecule has 0 aliphatic carbocycles. The Hall–Kier alpha value is -2.47. The fourth-order valence-electron chi connectivity index (χ4n) is 4.34. The summed E-state index contributed by atoms with van der Waals surface area (Å²) in [4.78, 5) is 27.0. The van der Waals surface area contributed by atoms with Crippen LogP contribution in [0.2, 0.25) is 0 Å². The van der Waals surface area contributed by atoms with E-state index in [0.29, 0.717) is 12.2 Å². The highest BCUT2D eigenvalue weighted by Gasteiger charge is 2.62. The molecule has 0 saturated carbocycles. The zero-order valence-corrected chi connectivity index (χ0v) is 13.0. The number of fused-ring (bicyclic) bond motifs is 5. The van der Waals surface area contributed by atoms with Crippen molar-refractivity contribution in [1.29, 1.82) is 0 Å². The molecule has 3 aliphatic rings. The number of aromatic nitrogens is 2. The predicted molar refractivity (Wildman–Crippen MR) is 85.1 cm³/mol. The molecular formula is C18H17N3O3. The first-order valence-electron chi connectivity index (χ1n) is 8.32. The van der Waals surface area contributed by atoms with Crippen LogP contribution < -0.4 is 4.90 Å². The van der Waals surface area contributed by atoms with Crippen molar-refractivity contribution in [2.75, 3.05) is 4.90 Å². The van der Waals surface area contributed by atoms with E-state index in [2.05, 4.69) is 5.10 Å². The molecule has 24 heavy (non-hydrogen) atoms. The molecule has 3 fully saturated rings. The lowest BCUT2D eigenvalue weighted by molar-refractivity contribution is -0.124. The van der Waals surface area contributed by atoms with Crippen LogP contribution in [0, 0.1) is 11.8 Å². The molecule has 6 nitrogen and oxygen atoms in total. The van der Waals surface area contributed by atoms with Crippen molar-refractivity contribution in [3.63, 3.8) is 0 Å². The van der Waals surface area contributed by atoms with E-state index in [0.717, 1.165) is 18.4 Å². The summed E-state index contributed by atoms with van der Waals surface area (Å²) in [6, 6.07) is 9.46. The summed E-state index contributed by atoms with van der Waals surface area (Å²) in [5.74, 6) is -0.779. The van der Waals surface area contributed by atoms with Crippen LogP contribution >= 0.6 is 0 Å². The second-order valence-corrected chi connectivity index (χ2v) is 6.73. The summed E-state index contributed by atoms with van der Waals surface area (Å²) in [7, 11) is 0. The summed E-state index contributed by atoms with van der Waals surface area (Å²) < 4.78 is 7.59. The second kappa shape index (κ2) is 5.01. The van der Waals surface area contributed by atoms with Gasteiger partial charge in [0.15, 0.2) is 0 Å². The van der Waals surface area contributed by atoms with Gasteiger partial charge in [-0.3, -0.25) is 14.3 Å². The third-order valence-corrected chi connectivity index (χ3v) is 5.36. The third kappa shape index (κ3) is 1.89. The fraction of sp³-hybridized carbons (Fsp3) is 0.389. The van der Waals surface area contributed by atoms with Crippen molar-refractivity contribution in [3.05, 3.63) is 48.3 Å². The van der Waals surface area contributed by atoms with Crippen molar-refractivity contribution < 1.29 is 14.3 Å². The second-order valence-electron chi connectivity index (χ2n) is 6.73. The molecule has 2 aromatic rings. The van der Waals surface area contributed by atoms with Gasteiger partial charge in [0.1, 0.15) is 0 Å². The lowest BCUT2D eigenvalue weighted by Crippen LogP contribution is -2.34. The zero-order chi connectivity index (χ0) is 16.3. The van der Waals surface area contributed by atoms with Gasteiger partial charge in [-0.1, -0.05) is 12.1 Å². The van der Waals surface area contributed by atoms with Gasteiger partial charge in [0.05, 0.1) is 36.3 Å². The Morgan fingerprint density at radius 3 is 2.50 bits per heavy atom. The minimum absolute atomic E-state index is 0.0753. The summed E-state index contributed by atoms with van der Waals surface area (Å²) in [6.07, 6.45) is 5.24. The number of nitrogens with zero attached hydrogens (tertiary/aromatic N) is 3. The van der Waals surface area contributed by atoms with Crippen LogP contribution in [0.3, 0.4) is 0 Å². The molecular weight excluding hydrogens is 306 g/mol. The molecule has 4 atom stereocenters. The highest BCUT2D eigenvalue weighted by Crippen LogP contribution is 2.49. The first-order valence-corrected chi connectivity index (χ1v) is 8.32. The van der Waals surface area contributed by atoms with Crippen molar-refractivity contribution >= 4 is 17.5 Å². The average Bonchev–Trinajstić information content (AvgIpc) is 3.33. The maximum absolute atomic E-state index is 12.8. The summed E-state index contributed by atoms with van der Waals surface area (Å²) in [5.41, 5.74) is 1.66. The number of amides is 2. The van der Waals surface area contributed by atoms with Gasteiger partial charge in [0, 0.05) is 12.4 Å². The van der Waals surface area contributed by atoms with Crippen LogP contribution in [-0.2, 0) is 20.9 Å². The topological polar surface area (TPSA) is 64.4 Å². The van der Waals surface area contributed by atoms with E-state index < -0.39 is 0 Å². The number of hydrogen-bond acceptors (Lipinski definition) is 4. The average molecular weight is 323 g/mol. The van der Waals surface area contributed by atoms with Gasteiger partial charge in [0.25, 0.3) is 0 Å². The monoisotopic (exact) mass is 323 g/mol. The Balaban J connectivity index is 1.46. The molecule has 122 valence electrons. The Morgan fingerprint density at radius 1 is 1.08 bits per heavy atom. The molecule has 3 saturated heterocycles. The zero-order valence-electron chi connectivity index (χ0n) is 13.0. The normalized spacial score (nSPS) is 31.1. The van der Waals surface area contributed by atoms with Crippen LogP contribution in [-0.4, -0.2) is 33.8 Å². The molecule has 0 spiro atoms. The molecule has 6 heteroatoms. The van der Waals surface area contributed by atoms with Crippen LogP contribution in [0.4, 0.5) is 5.69 Å². The molecule has 1 aromatic carbocycles. The maximum Gasteiger partial charge on any atom is 0.240 e. The number of anilines is 1. The molecule has 4 heterocycles. The summed E-state index contributed by atoms with van der Waals surface area (Å²) in [5, 5.41) is 4.20. The van der Waals surface area contributed by atoms with Crippen molar-refractivity contribution in [1.82, 2.24) is 9.78 Å². The van der Waals surface area contributed by atoms with Crippen LogP contribution in [0.5, 0.6) is 0 Å². The molecule has 0 N–H and O–H groups in total. The van der Waals surface area contributed by atoms with Crippen molar-refractivity contribution in [3.8, 4) is 0 Å². The van der Waals surface area contributed by atoms with E-state index in [4.69, 9.17) is 4.74 Å². The Labute approximate surface area is 139 Å². The van der Waals surface area contributed by atoms with Gasteiger partial charge in [-0.25, -0.2) is 4.90 Å². The lowest BCUT2D eigenvalue weighted by atomic mass is 9.81. The van der Waals surface area contributed by atoms with Crippen molar-refractivity contribution in [2.24, 2.45) is 11.8 Å². The highest BCUT2D eigenvalue weighted by atomic mass is 16.5. The minimum Gasteiger partial charge on any atom is -0.373 e. The molecule has 2 bridgehead atoms. The minimum atomic E-state index is -0.286. The number of benzene rings is 1. The van der Waals surface area contributed by atoms with Gasteiger partial charge in [-0.15, -0.1) is 0 Å². The molecule has 0 radical (unpaired) electrons. The first-order chi connectivity index (χ1) is 11.7. The number of carbonyl (C=O) groups excluding carboxylic acids is 2. The summed E-state index contributed by atoms with van der Waals surface area (Å²) >= 11 is 0. The standard InChI is InChI=1S/C18H17N3O3/c22-17-15-13-5-6-14(24-13)16(15)18(23)21(17)12-4-1-3-11(9-12)10-20-8-2-7-19-20/h1-4,7-9,13-16H,5-6,10H2/t13-,14-,15-,16+/m0/s1. The van der Waals surface area contributed by atoms with Gasteiger partial charge < -0.3 is 4.74 Å². The smallest absolute Gasteiger partial charge is 0.240 e. The van der Waals surface area contributed by atoms with E-state index in [1.807, 2.05) is 41.2 Å². The number of ether oxygens (including phenoxy) is 1. The largest absolute Gasteiger partial charge is 0.373 e. The van der Waals surface area contributed by atoms with E-state index in [-0.39, 0.29) is 35.9 Å². The SMILES string of the molecule is O=C1[C@@H]2[C@H](C(=O)N1c1cccc(Cn3cccn3)c1)[C@@H]1CC[C@@H]2O1. The van der Waals surface area contributed by atoms with Crippen LogP contribution in [0.15, 0.2) is 42.7 Å². The Kier molecular flexibility index (Phi) is 2.91. The van der Waals surface area contributed by atoms with Crippen LogP contribution in [0.1, 0.15) is 18.4 Å². The van der Waals surface area contributed by atoms with Gasteiger partial charge in [-0.2, -0.15) is 5.10 Å². The Bertz CT molecular complexity index is 789.